The van der Waals surface area contributed by atoms with Crippen LogP contribution in [0.5, 0.6) is 0 Å². The van der Waals surface area contributed by atoms with Crippen LogP contribution in [0.1, 0.15) is 37.8 Å². The van der Waals surface area contributed by atoms with Gasteiger partial charge in [0.25, 0.3) is 0 Å². The van der Waals surface area contributed by atoms with E-state index in [1.807, 2.05) is 7.05 Å². The highest BCUT2D eigenvalue weighted by molar-refractivity contribution is 6.07. The lowest BCUT2D eigenvalue weighted by Gasteiger charge is -2.26. The maximum Gasteiger partial charge on any atom is 0.237 e. The standard InChI is InChI=1S/C15H22N2O/c1-4-11-6-7-13-12(10-11)15(5-2,8-9-16)14(18)17(13)3/h6-7,10H,4-5,8-9,16H2,1-3H3. The van der Waals surface area contributed by atoms with Crippen LogP contribution in [-0.4, -0.2) is 19.5 Å². The summed E-state index contributed by atoms with van der Waals surface area (Å²) < 4.78 is 0. The number of amides is 1. The molecule has 3 heteroatoms. The Bertz CT molecular complexity index is 470. The highest BCUT2D eigenvalue weighted by Crippen LogP contribution is 2.45. The summed E-state index contributed by atoms with van der Waals surface area (Å²) in [6, 6.07) is 6.37. The largest absolute Gasteiger partial charge is 0.330 e. The van der Waals surface area contributed by atoms with Gasteiger partial charge in [-0.05, 0) is 43.0 Å². The van der Waals surface area contributed by atoms with E-state index in [0.29, 0.717) is 6.54 Å². The summed E-state index contributed by atoms with van der Waals surface area (Å²) in [7, 11) is 1.86. The average Bonchev–Trinajstić information content (AvgIpc) is 2.61. The van der Waals surface area contributed by atoms with Crippen LogP contribution in [0.2, 0.25) is 0 Å². The number of likely N-dealkylation sites (N-methyl/N-ethyl adjacent to an activating group) is 1. The first-order valence-corrected chi connectivity index (χ1v) is 6.72. The van der Waals surface area contributed by atoms with Crippen molar-refractivity contribution in [1.29, 1.82) is 0 Å². The summed E-state index contributed by atoms with van der Waals surface area (Å²) in [5.74, 6) is 0.193. The molecule has 0 aromatic heterocycles. The second kappa shape index (κ2) is 4.73. The summed E-state index contributed by atoms with van der Waals surface area (Å²) in [6.07, 6.45) is 2.54. The molecular formula is C15H22N2O. The SMILES string of the molecule is CCc1ccc2c(c1)C(CC)(CCN)C(=O)N2C. The van der Waals surface area contributed by atoms with Crippen molar-refractivity contribution in [1.82, 2.24) is 0 Å². The van der Waals surface area contributed by atoms with Crippen LogP contribution in [0.25, 0.3) is 0 Å². The maximum absolute atomic E-state index is 12.6. The molecule has 0 bridgehead atoms. The summed E-state index contributed by atoms with van der Waals surface area (Å²) in [5, 5.41) is 0. The van der Waals surface area contributed by atoms with Gasteiger partial charge in [-0.1, -0.05) is 26.0 Å². The van der Waals surface area contributed by atoms with Crippen LogP contribution in [0.3, 0.4) is 0 Å². The van der Waals surface area contributed by atoms with E-state index in [9.17, 15) is 4.79 Å². The third kappa shape index (κ3) is 1.65. The molecule has 1 atom stereocenters. The number of nitrogens with zero attached hydrogens (tertiary/aromatic N) is 1. The van der Waals surface area contributed by atoms with E-state index < -0.39 is 5.41 Å². The lowest BCUT2D eigenvalue weighted by molar-refractivity contribution is -0.123. The zero-order chi connectivity index (χ0) is 13.3. The first kappa shape index (κ1) is 13.1. The Balaban J connectivity index is 2.61. The highest BCUT2D eigenvalue weighted by Gasteiger charge is 2.47. The number of hydrogen-bond donors (Lipinski definition) is 1. The molecule has 2 N–H and O–H groups in total. The molecule has 0 radical (unpaired) electrons. The van der Waals surface area contributed by atoms with Crippen molar-refractivity contribution in [3.63, 3.8) is 0 Å². The minimum atomic E-state index is -0.399. The van der Waals surface area contributed by atoms with Crippen LogP contribution in [0, 0.1) is 0 Å². The third-order valence-electron chi connectivity index (χ3n) is 4.23. The molecule has 1 aliphatic heterocycles. The first-order valence-electron chi connectivity index (χ1n) is 6.72. The molecule has 3 nitrogen and oxygen atoms in total. The topological polar surface area (TPSA) is 46.3 Å². The summed E-state index contributed by atoms with van der Waals surface area (Å²) in [4.78, 5) is 14.4. The Morgan fingerprint density at radius 1 is 1.33 bits per heavy atom. The Labute approximate surface area is 109 Å². The van der Waals surface area contributed by atoms with Crippen molar-refractivity contribution in [2.45, 2.75) is 38.5 Å². The first-order chi connectivity index (χ1) is 8.60. The van der Waals surface area contributed by atoms with Gasteiger partial charge in [0.15, 0.2) is 0 Å². The molecule has 0 spiro atoms. The molecule has 0 saturated carbocycles. The quantitative estimate of drug-likeness (QED) is 0.885. The Morgan fingerprint density at radius 2 is 2.06 bits per heavy atom. The molecule has 1 unspecified atom stereocenters. The Hall–Kier alpha value is -1.35. The minimum absolute atomic E-state index is 0.193. The number of anilines is 1. The van der Waals surface area contributed by atoms with E-state index in [1.54, 1.807) is 4.90 Å². The Morgan fingerprint density at radius 3 is 2.61 bits per heavy atom. The number of hydrogen-bond acceptors (Lipinski definition) is 2. The van der Waals surface area contributed by atoms with Crippen molar-refractivity contribution in [3.05, 3.63) is 29.3 Å². The monoisotopic (exact) mass is 246 g/mol. The van der Waals surface area contributed by atoms with Gasteiger partial charge in [-0.2, -0.15) is 0 Å². The molecule has 1 amide bonds. The lowest BCUT2D eigenvalue weighted by atomic mass is 9.76. The molecule has 1 aromatic carbocycles. The highest BCUT2D eigenvalue weighted by atomic mass is 16.2. The smallest absolute Gasteiger partial charge is 0.237 e. The minimum Gasteiger partial charge on any atom is -0.330 e. The van der Waals surface area contributed by atoms with Gasteiger partial charge < -0.3 is 10.6 Å². The van der Waals surface area contributed by atoms with Gasteiger partial charge in [0.2, 0.25) is 5.91 Å². The maximum atomic E-state index is 12.6. The molecule has 98 valence electrons. The number of fused-ring (bicyclic) bond motifs is 1. The van der Waals surface area contributed by atoms with Crippen LogP contribution in [0.4, 0.5) is 5.69 Å². The average molecular weight is 246 g/mol. The zero-order valence-electron chi connectivity index (χ0n) is 11.5. The van der Waals surface area contributed by atoms with Crippen molar-refractivity contribution >= 4 is 11.6 Å². The van der Waals surface area contributed by atoms with Crippen LogP contribution in [0.15, 0.2) is 18.2 Å². The van der Waals surface area contributed by atoms with Gasteiger partial charge >= 0.3 is 0 Å². The molecule has 1 aromatic rings. The summed E-state index contributed by atoms with van der Waals surface area (Å²) in [6.45, 7) is 4.76. The third-order valence-corrected chi connectivity index (χ3v) is 4.23. The van der Waals surface area contributed by atoms with E-state index >= 15 is 0 Å². The zero-order valence-corrected chi connectivity index (χ0v) is 11.5. The van der Waals surface area contributed by atoms with Gasteiger partial charge in [-0.25, -0.2) is 0 Å². The van der Waals surface area contributed by atoms with Gasteiger partial charge in [-0.3, -0.25) is 4.79 Å². The fourth-order valence-corrected chi connectivity index (χ4v) is 3.03. The van der Waals surface area contributed by atoms with Crippen LogP contribution in [-0.2, 0) is 16.6 Å². The number of rotatable bonds is 4. The molecule has 18 heavy (non-hydrogen) atoms. The van der Waals surface area contributed by atoms with Gasteiger partial charge in [-0.15, -0.1) is 0 Å². The van der Waals surface area contributed by atoms with E-state index in [4.69, 9.17) is 5.73 Å². The number of aryl methyl sites for hydroxylation is 1. The number of carbonyl (C=O) groups excluding carboxylic acids is 1. The summed E-state index contributed by atoms with van der Waals surface area (Å²) >= 11 is 0. The fraction of sp³-hybridized carbons (Fsp3) is 0.533. The van der Waals surface area contributed by atoms with Crippen molar-refractivity contribution in [2.24, 2.45) is 5.73 Å². The van der Waals surface area contributed by atoms with Gasteiger partial charge in [0.05, 0.1) is 5.41 Å². The van der Waals surface area contributed by atoms with Gasteiger partial charge in [0, 0.05) is 12.7 Å². The van der Waals surface area contributed by atoms with E-state index in [2.05, 4.69) is 32.0 Å². The van der Waals surface area contributed by atoms with Crippen molar-refractivity contribution in [2.75, 3.05) is 18.5 Å². The molecule has 2 rings (SSSR count). The van der Waals surface area contributed by atoms with E-state index in [0.717, 1.165) is 24.9 Å². The molecule has 0 aliphatic carbocycles. The number of nitrogens with two attached hydrogens (primary N) is 1. The fourth-order valence-electron chi connectivity index (χ4n) is 3.03. The van der Waals surface area contributed by atoms with Crippen molar-refractivity contribution < 1.29 is 4.79 Å². The molecule has 1 heterocycles. The van der Waals surface area contributed by atoms with Crippen molar-refractivity contribution in [3.8, 4) is 0 Å². The molecule has 0 saturated heterocycles. The lowest BCUT2D eigenvalue weighted by Crippen LogP contribution is -2.39. The second-order valence-corrected chi connectivity index (χ2v) is 5.04. The van der Waals surface area contributed by atoms with Crippen LogP contribution >= 0.6 is 0 Å². The summed E-state index contributed by atoms with van der Waals surface area (Å²) in [5.41, 5.74) is 8.84. The van der Waals surface area contributed by atoms with Gasteiger partial charge in [0.1, 0.15) is 0 Å². The predicted octanol–water partition coefficient (Wildman–Crippen LogP) is 2.22. The number of carbonyl (C=O) groups is 1. The van der Waals surface area contributed by atoms with E-state index in [-0.39, 0.29) is 5.91 Å². The molecular weight excluding hydrogens is 224 g/mol. The predicted molar refractivity (Wildman–Crippen MR) is 74.9 cm³/mol. The normalized spacial score (nSPS) is 22.4. The van der Waals surface area contributed by atoms with Crippen LogP contribution < -0.4 is 10.6 Å². The second-order valence-electron chi connectivity index (χ2n) is 5.04. The number of benzene rings is 1. The molecule has 1 aliphatic rings. The van der Waals surface area contributed by atoms with E-state index in [1.165, 1.54) is 11.1 Å². The Kier molecular flexibility index (Phi) is 3.44. The molecule has 0 fully saturated rings.